The molecule has 4 aromatic rings. The summed E-state index contributed by atoms with van der Waals surface area (Å²) in [4.78, 5) is 42.4. The molecule has 0 bridgehead atoms. The summed E-state index contributed by atoms with van der Waals surface area (Å²) in [5.74, 6) is -1.60. The fourth-order valence-electron chi connectivity index (χ4n) is 4.76. The molecule has 0 spiro atoms. The number of carbonyl (C=O) groups excluding carboxylic acids is 1. The van der Waals surface area contributed by atoms with Crippen molar-refractivity contribution in [2.75, 3.05) is 51.1 Å². The van der Waals surface area contributed by atoms with Gasteiger partial charge in [0, 0.05) is 55.5 Å². The van der Waals surface area contributed by atoms with E-state index in [-0.39, 0.29) is 28.2 Å². The minimum Gasteiger partial charge on any atom is -0.345 e. The number of anilines is 2. The summed E-state index contributed by atoms with van der Waals surface area (Å²) < 4.78 is 65.5. The third kappa shape index (κ3) is 6.89. The Morgan fingerprint density at radius 3 is 2.57 bits per heavy atom. The molecule has 0 aliphatic carbocycles. The van der Waals surface area contributed by atoms with Crippen molar-refractivity contribution in [1.29, 1.82) is 0 Å². The van der Waals surface area contributed by atoms with E-state index in [1.807, 2.05) is 36.0 Å². The number of thioether (sulfide) groups is 1. The highest BCUT2D eigenvalue weighted by atomic mass is 32.2. The van der Waals surface area contributed by atoms with Crippen molar-refractivity contribution < 1.29 is 26.4 Å². The van der Waals surface area contributed by atoms with Crippen molar-refractivity contribution in [3.63, 3.8) is 0 Å². The van der Waals surface area contributed by atoms with Crippen LogP contribution in [0, 0.1) is 0 Å². The number of benzene rings is 1. The van der Waals surface area contributed by atoms with Gasteiger partial charge in [0.05, 0.1) is 18.4 Å². The summed E-state index contributed by atoms with van der Waals surface area (Å²) >= 11 is 1.90. The van der Waals surface area contributed by atoms with E-state index in [9.17, 15) is 31.2 Å². The Bertz CT molecular complexity index is 1860. The van der Waals surface area contributed by atoms with Crippen LogP contribution >= 0.6 is 11.8 Å². The number of hydrogen-bond donors (Lipinski definition) is 1. The van der Waals surface area contributed by atoms with Crippen LogP contribution in [0.3, 0.4) is 0 Å². The lowest BCUT2D eigenvalue weighted by atomic mass is 10.1. The smallest absolute Gasteiger partial charge is 0.345 e. The maximum absolute atomic E-state index is 13.6. The number of rotatable bonds is 8. The molecule has 1 amide bonds. The van der Waals surface area contributed by atoms with Crippen LogP contribution in [0.2, 0.25) is 0 Å². The van der Waals surface area contributed by atoms with Gasteiger partial charge in [-0.2, -0.15) is 29.9 Å². The Morgan fingerprint density at radius 2 is 1.91 bits per heavy atom. The van der Waals surface area contributed by atoms with Gasteiger partial charge in [0.15, 0.2) is 5.75 Å². The van der Waals surface area contributed by atoms with Gasteiger partial charge in [-0.15, -0.1) is 0 Å². The first-order chi connectivity index (χ1) is 20.7. The molecule has 3 aromatic heterocycles. The quantitative estimate of drug-likeness (QED) is 0.303. The summed E-state index contributed by atoms with van der Waals surface area (Å²) in [5, 5.41) is 3.71. The fourth-order valence-corrected chi connectivity index (χ4v) is 7.38. The molecule has 1 unspecified atom stereocenters. The Kier molecular flexibility index (Phi) is 8.73. The lowest BCUT2D eigenvalue weighted by molar-refractivity contribution is -0.106. The lowest BCUT2D eigenvalue weighted by Crippen LogP contribution is -2.34. The molecule has 1 aliphatic heterocycles. The van der Waals surface area contributed by atoms with Gasteiger partial charge in [-0.05, 0) is 30.8 Å². The highest BCUT2D eigenvalue weighted by Gasteiger charge is 2.37. The third-order valence-electron chi connectivity index (χ3n) is 6.92. The molecule has 0 saturated carbocycles. The molecule has 1 aromatic carbocycles. The number of nitrogens with one attached hydrogen (secondary N) is 1. The van der Waals surface area contributed by atoms with E-state index in [1.54, 1.807) is 0 Å². The summed E-state index contributed by atoms with van der Waals surface area (Å²) in [6.07, 6.45) is -1.84. The summed E-state index contributed by atoms with van der Waals surface area (Å²) in [6, 6.07) is 9.11. The van der Waals surface area contributed by atoms with Crippen LogP contribution in [0.25, 0.3) is 11.0 Å². The molecular weight excluding hydrogens is 621 g/mol. The van der Waals surface area contributed by atoms with E-state index in [4.69, 9.17) is 0 Å². The second-order valence-corrected chi connectivity index (χ2v) is 13.7. The zero-order valence-corrected chi connectivity index (χ0v) is 25.6. The number of aromatic nitrogens is 5. The second kappa shape index (κ2) is 12.2. The SMILES string of the molecule is CN1CCSC(c2ccc(Nc3ncc4cc(C(=O)N(C)C)c(=O)n(Cc5cncn5S(=O)(=O)CC(F)(F)F)c4n3)cc2)C1. The van der Waals surface area contributed by atoms with Crippen molar-refractivity contribution in [3.05, 3.63) is 76.2 Å². The van der Waals surface area contributed by atoms with Gasteiger partial charge in [0.1, 0.15) is 17.5 Å². The molecule has 12 nitrogen and oxygen atoms in total. The molecule has 1 saturated heterocycles. The van der Waals surface area contributed by atoms with E-state index in [2.05, 4.69) is 32.2 Å². The van der Waals surface area contributed by atoms with E-state index >= 15 is 0 Å². The Morgan fingerprint density at radius 1 is 1.18 bits per heavy atom. The molecule has 1 N–H and O–H groups in total. The number of fused-ring (bicyclic) bond motifs is 1. The van der Waals surface area contributed by atoms with Gasteiger partial charge in [0.2, 0.25) is 16.0 Å². The highest BCUT2D eigenvalue weighted by Crippen LogP contribution is 2.33. The zero-order valence-electron chi connectivity index (χ0n) is 23.9. The number of imidazole rings is 1. The number of hydrogen-bond acceptors (Lipinski definition) is 10. The fraction of sp³-hybridized carbons (Fsp3) is 0.370. The molecule has 17 heteroatoms. The predicted octanol–water partition coefficient (Wildman–Crippen LogP) is 2.94. The molecule has 4 heterocycles. The van der Waals surface area contributed by atoms with Crippen molar-refractivity contribution in [2.24, 2.45) is 0 Å². The van der Waals surface area contributed by atoms with Crippen molar-refractivity contribution >= 4 is 50.4 Å². The maximum Gasteiger partial charge on any atom is 0.404 e. The van der Waals surface area contributed by atoms with Crippen LogP contribution in [0.1, 0.15) is 26.9 Å². The summed E-state index contributed by atoms with van der Waals surface area (Å²) in [7, 11) is 0.0923. The van der Waals surface area contributed by atoms with Crippen LogP contribution in [-0.4, -0.2) is 99.5 Å². The van der Waals surface area contributed by atoms with E-state index in [1.165, 1.54) is 36.8 Å². The second-order valence-electron chi connectivity index (χ2n) is 10.5. The Hall–Kier alpha value is -3.96. The first-order valence-corrected chi connectivity index (χ1v) is 16.0. The van der Waals surface area contributed by atoms with Crippen molar-refractivity contribution in [1.82, 2.24) is 33.3 Å². The van der Waals surface area contributed by atoms with Gasteiger partial charge >= 0.3 is 6.18 Å². The standard InChI is InChI=1S/C27H29F3N8O4S2/c1-35(2)24(39)21-10-18-11-32-26(33-19-6-4-17(5-7-19)22-14-36(3)8-9-43-22)34-23(18)37(25(21)40)13-20-12-31-16-38(20)44(41,42)15-27(28,29)30/h4-7,10-12,16,22H,8-9,13-15H2,1-3H3,(H,32,33,34). The number of carbonyl (C=O) groups is 1. The Balaban J connectivity index is 1.52. The van der Waals surface area contributed by atoms with Gasteiger partial charge in [0.25, 0.3) is 11.5 Å². The molecule has 1 atom stereocenters. The summed E-state index contributed by atoms with van der Waals surface area (Å²) in [5.41, 5.74) is 0.575. The normalized spacial score (nSPS) is 16.3. The Labute approximate surface area is 255 Å². The van der Waals surface area contributed by atoms with Gasteiger partial charge in [-0.1, -0.05) is 12.1 Å². The van der Waals surface area contributed by atoms with Crippen molar-refractivity contribution in [2.45, 2.75) is 18.0 Å². The average Bonchev–Trinajstić information content (AvgIpc) is 3.43. The van der Waals surface area contributed by atoms with E-state index in [0.29, 0.717) is 14.9 Å². The van der Waals surface area contributed by atoms with Gasteiger partial charge < -0.3 is 15.1 Å². The molecule has 44 heavy (non-hydrogen) atoms. The first kappa shape index (κ1) is 31.5. The van der Waals surface area contributed by atoms with Gasteiger partial charge in [-0.3, -0.25) is 14.2 Å². The minimum atomic E-state index is -5.00. The highest BCUT2D eigenvalue weighted by molar-refractivity contribution is 7.99. The maximum atomic E-state index is 13.6. The van der Waals surface area contributed by atoms with Gasteiger partial charge in [-0.25, -0.2) is 22.4 Å². The molecule has 5 rings (SSSR count). The van der Waals surface area contributed by atoms with E-state index < -0.39 is 40.0 Å². The number of nitrogens with zero attached hydrogens (tertiary/aromatic N) is 7. The first-order valence-electron chi connectivity index (χ1n) is 13.3. The number of pyridine rings is 1. The van der Waals surface area contributed by atoms with Crippen LogP contribution in [0.4, 0.5) is 24.8 Å². The third-order valence-corrected chi connectivity index (χ3v) is 9.78. The van der Waals surface area contributed by atoms with Crippen LogP contribution < -0.4 is 10.9 Å². The number of halogens is 3. The van der Waals surface area contributed by atoms with E-state index in [0.717, 1.165) is 35.9 Å². The largest absolute Gasteiger partial charge is 0.404 e. The number of alkyl halides is 3. The number of amides is 1. The van der Waals surface area contributed by atoms with Crippen LogP contribution in [-0.2, 0) is 16.6 Å². The zero-order chi connectivity index (χ0) is 31.8. The topological polar surface area (TPSA) is 135 Å². The lowest BCUT2D eigenvalue weighted by Gasteiger charge is -2.29. The molecule has 0 radical (unpaired) electrons. The molecule has 234 valence electrons. The number of likely N-dealkylation sites (N-methyl/N-ethyl adjacent to an activating group) is 1. The minimum absolute atomic E-state index is 0.0297. The van der Waals surface area contributed by atoms with Crippen LogP contribution in [0.15, 0.2) is 53.8 Å². The molecule has 1 fully saturated rings. The monoisotopic (exact) mass is 650 g/mol. The average molecular weight is 651 g/mol. The van der Waals surface area contributed by atoms with Crippen molar-refractivity contribution in [3.8, 4) is 0 Å². The molecule has 1 aliphatic rings. The summed E-state index contributed by atoms with van der Waals surface area (Å²) in [6.45, 7) is 1.44. The predicted molar refractivity (Wildman–Crippen MR) is 161 cm³/mol. The molecular formula is C27H29F3N8O4S2. The van der Waals surface area contributed by atoms with Crippen LogP contribution in [0.5, 0.6) is 0 Å².